The summed E-state index contributed by atoms with van der Waals surface area (Å²) in [6.07, 6.45) is 6.02. The van der Waals surface area contributed by atoms with Crippen molar-refractivity contribution in [1.29, 1.82) is 0 Å². The minimum atomic E-state index is -0.970. The normalized spacial score (nSPS) is 9.80. The fourth-order valence-corrected chi connectivity index (χ4v) is 1.79. The molecule has 0 aliphatic heterocycles. The number of aromatic carboxylic acids is 1. The zero-order valence-electron chi connectivity index (χ0n) is 11.1. The second-order valence-electron chi connectivity index (χ2n) is 4.24. The molecule has 0 saturated carbocycles. The summed E-state index contributed by atoms with van der Waals surface area (Å²) in [7, 11) is 0. The summed E-state index contributed by atoms with van der Waals surface area (Å²) in [5.74, 6) is 2.08. The Hall–Kier alpha value is -2.80. The highest BCUT2D eigenvalue weighted by molar-refractivity contribution is 5.88. The molecule has 0 aliphatic rings. The molecule has 0 aliphatic carbocycles. The van der Waals surface area contributed by atoms with Crippen LogP contribution in [-0.2, 0) is 6.42 Å². The van der Waals surface area contributed by atoms with Gasteiger partial charge in [-0.05, 0) is 36.8 Å². The fraction of sp³-hybridized carbons (Fsp3) is 0.125. The first-order valence-electron chi connectivity index (χ1n) is 6.20. The molecule has 1 aromatic heterocycles. The van der Waals surface area contributed by atoms with Gasteiger partial charge in [0.1, 0.15) is 5.82 Å². The van der Waals surface area contributed by atoms with E-state index in [1.165, 1.54) is 6.07 Å². The second kappa shape index (κ2) is 5.89. The van der Waals surface area contributed by atoms with Gasteiger partial charge < -0.3 is 10.4 Å². The van der Waals surface area contributed by atoms with Crippen LogP contribution in [0.25, 0.3) is 0 Å². The van der Waals surface area contributed by atoms with Crippen molar-refractivity contribution < 1.29 is 9.90 Å². The van der Waals surface area contributed by atoms with Gasteiger partial charge in [-0.25, -0.2) is 9.78 Å². The first-order valence-corrected chi connectivity index (χ1v) is 6.20. The van der Waals surface area contributed by atoms with Crippen LogP contribution in [0.3, 0.4) is 0 Å². The third-order valence-corrected chi connectivity index (χ3v) is 2.79. The van der Waals surface area contributed by atoms with E-state index in [1.54, 1.807) is 12.1 Å². The van der Waals surface area contributed by atoms with Gasteiger partial charge in [0.25, 0.3) is 0 Å². The molecule has 0 bridgehead atoms. The number of rotatable bonds is 4. The number of hydrogen-bond donors (Lipinski definition) is 2. The topological polar surface area (TPSA) is 62.2 Å². The molecule has 2 N–H and O–H groups in total. The third-order valence-electron chi connectivity index (χ3n) is 2.79. The highest BCUT2D eigenvalue weighted by Crippen LogP contribution is 2.18. The maximum Gasteiger partial charge on any atom is 0.335 e. The highest BCUT2D eigenvalue weighted by atomic mass is 16.4. The Labute approximate surface area is 117 Å². The average Bonchev–Trinajstić information content (AvgIpc) is 2.47. The smallest absolute Gasteiger partial charge is 0.335 e. The molecular formula is C16H14N2O2. The molecular weight excluding hydrogens is 252 g/mol. The van der Waals surface area contributed by atoms with Crippen molar-refractivity contribution in [3.05, 3.63) is 53.2 Å². The Balaban J connectivity index is 2.35. The van der Waals surface area contributed by atoms with E-state index in [2.05, 4.69) is 16.2 Å². The largest absolute Gasteiger partial charge is 0.478 e. The fourth-order valence-electron chi connectivity index (χ4n) is 1.79. The van der Waals surface area contributed by atoms with Crippen molar-refractivity contribution in [2.45, 2.75) is 13.3 Å². The maximum absolute atomic E-state index is 11.1. The summed E-state index contributed by atoms with van der Waals surface area (Å²) in [6, 6.07) is 10.4. The van der Waals surface area contributed by atoms with Crippen LogP contribution >= 0.6 is 0 Å². The standard InChI is InChI=1S/C16H14N2O2/c1-3-11-6-5-7-14(8-11)18-15-10-12(16(19)20)9-13(4-2)17-15/h1,5-10H,4H2,2H3,(H,17,18)(H,19,20). The van der Waals surface area contributed by atoms with Gasteiger partial charge in [0.15, 0.2) is 0 Å². The summed E-state index contributed by atoms with van der Waals surface area (Å²) < 4.78 is 0. The van der Waals surface area contributed by atoms with Crippen molar-refractivity contribution in [1.82, 2.24) is 4.98 Å². The number of hydrogen-bond acceptors (Lipinski definition) is 3. The molecule has 0 amide bonds. The number of nitrogens with one attached hydrogen (secondary N) is 1. The first kappa shape index (κ1) is 13.6. The van der Waals surface area contributed by atoms with E-state index in [0.29, 0.717) is 12.2 Å². The Morgan fingerprint density at radius 1 is 1.40 bits per heavy atom. The lowest BCUT2D eigenvalue weighted by molar-refractivity contribution is 0.0696. The quantitative estimate of drug-likeness (QED) is 0.835. The number of carboxylic acid groups (broad SMARTS) is 1. The molecule has 4 heteroatoms. The van der Waals surface area contributed by atoms with Crippen molar-refractivity contribution in [3.63, 3.8) is 0 Å². The predicted octanol–water partition coefficient (Wildman–Crippen LogP) is 3.07. The van der Waals surface area contributed by atoms with Gasteiger partial charge in [0.05, 0.1) is 5.56 Å². The third kappa shape index (κ3) is 3.15. The van der Waals surface area contributed by atoms with Gasteiger partial charge in [0, 0.05) is 16.9 Å². The van der Waals surface area contributed by atoms with Crippen LogP contribution in [0.4, 0.5) is 11.5 Å². The van der Waals surface area contributed by atoms with Gasteiger partial charge in [-0.1, -0.05) is 18.9 Å². The lowest BCUT2D eigenvalue weighted by atomic mass is 10.2. The van der Waals surface area contributed by atoms with Crippen molar-refractivity contribution in [2.24, 2.45) is 0 Å². The minimum Gasteiger partial charge on any atom is -0.478 e. The number of benzene rings is 1. The average molecular weight is 266 g/mol. The minimum absolute atomic E-state index is 0.215. The van der Waals surface area contributed by atoms with E-state index in [-0.39, 0.29) is 5.56 Å². The SMILES string of the molecule is C#Cc1cccc(Nc2cc(C(=O)O)cc(CC)n2)c1. The maximum atomic E-state index is 11.1. The Morgan fingerprint density at radius 2 is 2.20 bits per heavy atom. The monoisotopic (exact) mass is 266 g/mol. The zero-order valence-corrected chi connectivity index (χ0v) is 11.1. The highest BCUT2D eigenvalue weighted by Gasteiger charge is 2.08. The molecule has 0 radical (unpaired) electrons. The lowest BCUT2D eigenvalue weighted by Gasteiger charge is -2.09. The van der Waals surface area contributed by atoms with Crippen LogP contribution in [0.2, 0.25) is 0 Å². The van der Waals surface area contributed by atoms with Crippen LogP contribution < -0.4 is 5.32 Å². The van der Waals surface area contributed by atoms with Gasteiger partial charge in [-0.2, -0.15) is 0 Å². The number of anilines is 2. The molecule has 4 nitrogen and oxygen atoms in total. The molecule has 0 spiro atoms. The number of carbonyl (C=O) groups is 1. The van der Waals surface area contributed by atoms with Crippen molar-refractivity contribution >= 4 is 17.5 Å². The van der Waals surface area contributed by atoms with Crippen LogP contribution in [0.15, 0.2) is 36.4 Å². The first-order chi connectivity index (χ1) is 9.62. The number of aryl methyl sites for hydroxylation is 1. The predicted molar refractivity (Wildman–Crippen MR) is 78.2 cm³/mol. The molecule has 100 valence electrons. The summed E-state index contributed by atoms with van der Waals surface area (Å²) in [6.45, 7) is 1.93. The van der Waals surface area contributed by atoms with E-state index in [4.69, 9.17) is 11.5 Å². The van der Waals surface area contributed by atoms with Crippen LogP contribution in [0, 0.1) is 12.3 Å². The number of carboxylic acids is 1. The van der Waals surface area contributed by atoms with Crippen molar-refractivity contribution in [2.75, 3.05) is 5.32 Å². The van der Waals surface area contributed by atoms with Gasteiger partial charge in [-0.15, -0.1) is 6.42 Å². The number of terminal acetylenes is 1. The molecule has 0 atom stereocenters. The second-order valence-corrected chi connectivity index (χ2v) is 4.24. The number of aromatic nitrogens is 1. The Kier molecular flexibility index (Phi) is 4.02. The molecule has 2 aromatic rings. The summed E-state index contributed by atoms with van der Waals surface area (Å²) in [5, 5.41) is 12.2. The van der Waals surface area contributed by atoms with Gasteiger partial charge in [-0.3, -0.25) is 0 Å². The number of nitrogens with zero attached hydrogens (tertiary/aromatic N) is 1. The summed E-state index contributed by atoms with van der Waals surface area (Å²) in [5.41, 5.74) is 2.46. The Bertz CT molecular complexity index is 687. The summed E-state index contributed by atoms with van der Waals surface area (Å²) >= 11 is 0. The Morgan fingerprint density at radius 3 is 2.85 bits per heavy atom. The van der Waals surface area contributed by atoms with E-state index in [0.717, 1.165) is 16.9 Å². The summed E-state index contributed by atoms with van der Waals surface area (Å²) in [4.78, 5) is 15.5. The molecule has 1 heterocycles. The molecule has 0 unspecified atom stereocenters. The van der Waals surface area contributed by atoms with Crippen LogP contribution in [0.5, 0.6) is 0 Å². The van der Waals surface area contributed by atoms with E-state index < -0.39 is 5.97 Å². The molecule has 1 aromatic carbocycles. The van der Waals surface area contributed by atoms with Gasteiger partial charge >= 0.3 is 5.97 Å². The van der Waals surface area contributed by atoms with Crippen LogP contribution in [0.1, 0.15) is 28.5 Å². The van der Waals surface area contributed by atoms with E-state index in [9.17, 15) is 4.79 Å². The van der Waals surface area contributed by atoms with Crippen LogP contribution in [-0.4, -0.2) is 16.1 Å². The lowest BCUT2D eigenvalue weighted by Crippen LogP contribution is -2.03. The van der Waals surface area contributed by atoms with E-state index in [1.807, 2.05) is 25.1 Å². The number of pyridine rings is 1. The van der Waals surface area contributed by atoms with Gasteiger partial charge in [0.2, 0.25) is 0 Å². The van der Waals surface area contributed by atoms with E-state index >= 15 is 0 Å². The molecule has 20 heavy (non-hydrogen) atoms. The molecule has 2 rings (SSSR count). The molecule has 0 fully saturated rings. The molecule has 0 saturated heterocycles. The van der Waals surface area contributed by atoms with Crippen molar-refractivity contribution in [3.8, 4) is 12.3 Å². The zero-order chi connectivity index (χ0) is 14.5.